The molecule has 0 unspecified atom stereocenters. The monoisotopic (exact) mass is 413 g/mol. The predicted octanol–water partition coefficient (Wildman–Crippen LogP) is 1.52. The summed E-state index contributed by atoms with van der Waals surface area (Å²) in [6.07, 6.45) is 0. The van der Waals surface area contributed by atoms with Crippen LogP contribution < -0.4 is 25.6 Å². The van der Waals surface area contributed by atoms with Crippen molar-refractivity contribution in [3.05, 3.63) is 65.2 Å². The summed E-state index contributed by atoms with van der Waals surface area (Å²) in [6.45, 7) is 4.74. The number of rotatable bonds is 9. The van der Waals surface area contributed by atoms with Crippen molar-refractivity contribution in [2.24, 2.45) is 0 Å². The Labute approximate surface area is 178 Å². The van der Waals surface area contributed by atoms with Crippen LogP contribution in [0.4, 0.5) is 4.79 Å². The van der Waals surface area contributed by atoms with Gasteiger partial charge in [-0.1, -0.05) is 12.1 Å². The van der Waals surface area contributed by atoms with Crippen LogP contribution in [-0.4, -0.2) is 45.7 Å². The van der Waals surface area contributed by atoms with Gasteiger partial charge in [0.05, 0.1) is 27.7 Å². The number of quaternary nitrogens is 1. The maximum Gasteiger partial charge on any atom is 0.315 e. The summed E-state index contributed by atoms with van der Waals surface area (Å²) in [5, 5.41) is 8.60. The van der Waals surface area contributed by atoms with E-state index in [4.69, 9.17) is 4.74 Å². The average Bonchev–Trinajstić information content (AvgIpc) is 2.72. The molecule has 7 nitrogen and oxygen atoms in total. The first kappa shape index (κ1) is 23.2. The van der Waals surface area contributed by atoms with Crippen LogP contribution in [0, 0.1) is 0 Å². The predicted molar refractivity (Wildman–Crippen MR) is 118 cm³/mol. The van der Waals surface area contributed by atoms with Gasteiger partial charge in [0.1, 0.15) is 11.8 Å². The summed E-state index contributed by atoms with van der Waals surface area (Å²) in [4.78, 5) is 25.5. The first-order chi connectivity index (χ1) is 14.3. The van der Waals surface area contributed by atoms with E-state index < -0.39 is 0 Å². The molecule has 0 saturated heterocycles. The van der Waals surface area contributed by atoms with E-state index in [1.165, 1.54) is 4.90 Å². The van der Waals surface area contributed by atoms with Gasteiger partial charge in [0.15, 0.2) is 0 Å². The van der Waals surface area contributed by atoms with Gasteiger partial charge >= 0.3 is 6.03 Å². The molecule has 0 aliphatic carbocycles. The fourth-order valence-corrected chi connectivity index (χ4v) is 3.06. The molecule has 3 amide bonds. The smallest absolute Gasteiger partial charge is 0.315 e. The highest BCUT2D eigenvalue weighted by molar-refractivity contribution is 5.94. The lowest BCUT2D eigenvalue weighted by molar-refractivity contribution is -0.890. The van der Waals surface area contributed by atoms with Gasteiger partial charge in [-0.05, 0) is 55.8 Å². The minimum atomic E-state index is -0.206. The Bertz CT molecular complexity index is 817. The van der Waals surface area contributed by atoms with E-state index in [2.05, 4.69) is 30.0 Å². The van der Waals surface area contributed by atoms with Gasteiger partial charge in [0.2, 0.25) is 0 Å². The number of nitrogens with one attached hydrogen (secondary N) is 4. The molecule has 2 aromatic rings. The summed E-state index contributed by atoms with van der Waals surface area (Å²) in [7, 11) is 5.78. The summed E-state index contributed by atoms with van der Waals surface area (Å²) in [5.74, 6) is 0.693. The molecule has 0 aliphatic heterocycles. The molecule has 30 heavy (non-hydrogen) atoms. The molecule has 162 valence electrons. The van der Waals surface area contributed by atoms with Crippen molar-refractivity contribution >= 4 is 11.9 Å². The molecule has 0 aliphatic rings. The molecule has 0 radical (unpaired) electrons. The standard InChI is InChI=1S/C23H32N4O3/c1-16(2)26-23(29)25-14-17-6-8-19(9-7-17)22(28)24-15-21(27(3)4)18-10-12-20(30-5)13-11-18/h6-13,16,21H,14-15H2,1-5H3,(H,24,28)(H2,25,26,29)/p+1/t21-/m1/s1. The maximum absolute atomic E-state index is 12.6. The summed E-state index contributed by atoms with van der Waals surface area (Å²) in [6, 6.07) is 15.2. The number of ether oxygens (including phenoxy) is 1. The van der Waals surface area contributed by atoms with E-state index in [1.54, 1.807) is 19.2 Å². The van der Waals surface area contributed by atoms with Crippen LogP contribution in [0.25, 0.3) is 0 Å². The van der Waals surface area contributed by atoms with Crippen molar-refractivity contribution < 1.29 is 19.2 Å². The van der Waals surface area contributed by atoms with Gasteiger partial charge in [-0.3, -0.25) is 4.79 Å². The number of urea groups is 1. The number of carbonyl (C=O) groups is 2. The van der Waals surface area contributed by atoms with Crippen LogP contribution in [-0.2, 0) is 6.54 Å². The molecule has 7 heteroatoms. The van der Waals surface area contributed by atoms with Crippen molar-refractivity contribution in [3.63, 3.8) is 0 Å². The van der Waals surface area contributed by atoms with Gasteiger partial charge < -0.3 is 25.6 Å². The number of benzene rings is 2. The molecule has 0 spiro atoms. The molecule has 0 fully saturated rings. The SMILES string of the molecule is COc1ccc([C@@H](CNC(=O)c2ccc(CNC(=O)NC(C)C)cc2)[NH+](C)C)cc1. The largest absolute Gasteiger partial charge is 0.497 e. The third-order valence-corrected chi connectivity index (χ3v) is 4.77. The van der Waals surface area contributed by atoms with E-state index in [0.717, 1.165) is 16.9 Å². The Morgan fingerprint density at radius 2 is 1.60 bits per heavy atom. The summed E-state index contributed by atoms with van der Waals surface area (Å²) in [5.41, 5.74) is 2.66. The minimum Gasteiger partial charge on any atom is -0.497 e. The summed E-state index contributed by atoms with van der Waals surface area (Å²) >= 11 is 0. The van der Waals surface area contributed by atoms with E-state index in [-0.39, 0.29) is 24.0 Å². The number of methoxy groups -OCH3 is 1. The molecular formula is C23H33N4O3+. The Morgan fingerprint density at radius 3 is 2.13 bits per heavy atom. The van der Waals surface area contributed by atoms with Crippen molar-refractivity contribution in [1.29, 1.82) is 0 Å². The zero-order chi connectivity index (χ0) is 22.1. The van der Waals surface area contributed by atoms with Crippen molar-refractivity contribution in [1.82, 2.24) is 16.0 Å². The van der Waals surface area contributed by atoms with Crippen molar-refractivity contribution in [3.8, 4) is 5.75 Å². The average molecular weight is 414 g/mol. The number of amides is 3. The Morgan fingerprint density at radius 1 is 0.967 bits per heavy atom. The lowest BCUT2D eigenvalue weighted by atomic mass is 10.1. The Kier molecular flexibility index (Phi) is 8.68. The molecule has 1 atom stereocenters. The fourth-order valence-electron chi connectivity index (χ4n) is 3.06. The van der Waals surface area contributed by atoms with Crippen LogP contribution in [0.5, 0.6) is 5.75 Å². The lowest BCUT2D eigenvalue weighted by Gasteiger charge is -2.22. The van der Waals surface area contributed by atoms with E-state index in [0.29, 0.717) is 18.7 Å². The van der Waals surface area contributed by atoms with Gasteiger partial charge in [0.25, 0.3) is 5.91 Å². The first-order valence-electron chi connectivity index (χ1n) is 10.2. The fraction of sp³-hybridized carbons (Fsp3) is 0.391. The van der Waals surface area contributed by atoms with Crippen LogP contribution in [0.1, 0.15) is 41.4 Å². The van der Waals surface area contributed by atoms with Gasteiger partial charge in [-0.25, -0.2) is 4.79 Å². The molecule has 0 aromatic heterocycles. The highest BCUT2D eigenvalue weighted by Crippen LogP contribution is 2.15. The zero-order valence-corrected chi connectivity index (χ0v) is 18.4. The van der Waals surface area contributed by atoms with Crippen LogP contribution >= 0.6 is 0 Å². The van der Waals surface area contributed by atoms with Crippen molar-refractivity contribution in [2.75, 3.05) is 27.7 Å². The quantitative estimate of drug-likeness (QED) is 0.503. The van der Waals surface area contributed by atoms with Crippen LogP contribution in [0.2, 0.25) is 0 Å². The second-order valence-electron chi connectivity index (χ2n) is 7.79. The normalized spacial score (nSPS) is 11.8. The lowest BCUT2D eigenvalue weighted by Crippen LogP contribution is -3.07. The van der Waals surface area contributed by atoms with E-state index in [1.807, 2.05) is 50.2 Å². The Hall–Kier alpha value is -3.06. The number of hydrogen-bond donors (Lipinski definition) is 4. The second kappa shape index (κ2) is 11.2. The van der Waals surface area contributed by atoms with E-state index >= 15 is 0 Å². The Balaban J connectivity index is 1.91. The molecule has 0 heterocycles. The number of likely N-dealkylation sites (N-methyl/N-ethyl adjacent to an activating group) is 1. The first-order valence-corrected chi connectivity index (χ1v) is 10.2. The third-order valence-electron chi connectivity index (χ3n) is 4.77. The zero-order valence-electron chi connectivity index (χ0n) is 18.4. The topological polar surface area (TPSA) is 83.9 Å². The molecule has 0 bridgehead atoms. The molecule has 2 aromatic carbocycles. The second-order valence-corrected chi connectivity index (χ2v) is 7.79. The molecule has 2 rings (SSSR count). The number of hydrogen-bond acceptors (Lipinski definition) is 3. The van der Waals surface area contributed by atoms with Crippen molar-refractivity contribution in [2.45, 2.75) is 32.5 Å². The van der Waals surface area contributed by atoms with E-state index in [9.17, 15) is 9.59 Å². The molecular weight excluding hydrogens is 380 g/mol. The summed E-state index contributed by atoms with van der Waals surface area (Å²) < 4.78 is 5.22. The third kappa shape index (κ3) is 7.08. The van der Waals surface area contributed by atoms with Crippen LogP contribution in [0.3, 0.4) is 0 Å². The van der Waals surface area contributed by atoms with Gasteiger partial charge in [-0.2, -0.15) is 0 Å². The maximum atomic E-state index is 12.6. The van der Waals surface area contributed by atoms with Gasteiger partial charge in [0, 0.05) is 23.7 Å². The molecule has 4 N–H and O–H groups in total. The van der Waals surface area contributed by atoms with Crippen LogP contribution in [0.15, 0.2) is 48.5 Å². The highest BCUT2D eigenvalue weighted by Gasteiger charge is 2.19. The highest BCUT2D eigenvalue weighted by atomic mass is 16.5. The van der Waals surface area contributed by atoms with Gasteiger partial charge in [-0.15, -0.1) is 0 Å². The minimum absolute atomic E-state index is 0.0850. The molecule has 0 saturated carbocycles. The number of carbonyl (C=O) groups excluding carboxylic acids is 2.